The Labute approximate surface area is 524 Å². The molecule has 0 heterocycles. The van der Waals surface area contributed by atoms with Crippen LogP contribution >= 0.6 is 7.82 Å². The van der Waals surface area contributed by atoms with Crippen LogP contribution in [0.5, 0.6) is 0 Å². The molecule has 8 nitrogen and oxygen atoms in total. The van der Waals surface area contributed by atoms with Gasteiger partial charge in [0.15, 0.2) is 0 Å². The van der Waals surface area contributed by atoms with E-state index in [2.05, 4.69) is 177 Å². The Kier molecular flexibility index (Phi) is 61.2. The molecule has 482 valence electrons. The molecule has 1 amide bonds. The monoisotopic (exact) mass is 1200 g/mol. The summed E-state index contributed by atoms with van der Waals surface area (Å²) in [5.74, 6) is -0.216. The standard InChI is InChI=1S/C76H127N2O6P/c1-6-8-10-12-14-16-18-20-22-24-26-28-30-32-33-34-35-36-37-38-39-40-41-42-43-44-45-46-48-50-52-54-56-58-60-62-64-66-68-70-76(80)77-74(73-84-85(81,82)83-72-71-78(3,4)5)75(79)69-67-65-63-61-59-57-55-53-51-49-47-31-29-27-25-23-21-19-17-15-13-11-9-7-2/h8,10,14,16,20,22,26,28,32-33,35-36,38-39,41-42,44-45,48,50-51,53-54,56,59,61,67,69,74-75,79H,6-7,9,11-13,15,17-19,21,23-25,27,29-31,34,37,40,43,46-47,49,52,55,57-58,60,62-66,68,70-73H2,1-5H3,(H-,77,80,81,82)/p+1/b10-8-,16-14-,22-20-,28-26-,33-32-,36-35-,39-38-,42-41-,45-44-,50-48-,53-51+,56-54-,61-59+,69-67+. The summed E-state index contributed by atoms with van der Waals surface area (Å²) in [6.45, 7) is 4.65. The molecule has 0 aliphatic rings. The molecule has 0 aromatic carbocycles. The molecule has 9 heteroatoms. The van der Waals surface area contributed by atoms with E-state index in [-0.39, 0.29) is 19.1 Å². The molecule has 0 aliphatic carbocycles. The van der Waals surface area contributed by atoms with Gasteiger partial charge in [0.25, 0.3) is 0 Å². The molecule has 0 aliphatic heterocycles. The largest absolute Gasteiger partial charge is 0.472 e. The molecule has 0 saturated heterocycles. The summed E-state index contributed by atoms with van der Waals surface area (Å²) >= 11 is 0. The molecule has 3 N–H and O–H groups in total. The number of hydrogen-bond acceptors (Lipinski definition) is 5. The molecule has 0 aromatic rings. The van der Waals surface area contributed by atoms with Crippen molar-refractivity contribution in [3.63, 3.8) is 0 Å². The Morgan fingerprint density at radius 1 is 0.412 bits per heavy atom. The SMILES string of the molecule is CC/C=C\C/C=C\C/C=C\C/C=C\C/C=C\C/C=C\C/C=C\C/C=C\C/C=C\C/C=C\C/C=C\CCCCCCCC(=O)NC(COP(=O)(O)OCC[N+](C)(C)C)C(O)/C=C/CC/C=C/CC/C=C/CCCCCCCCCCCCCCCC. The second-order valence-electron chi connectivity index (χ2n) is 23.4. The summed E-state index contributed by atoms with van der Waals surface area (Å²) in [7, 11) is 1.51. The highest BCUT2D eigenvalue weighted by Crippen LogP contribution is 2.43. The summed E-state index contributed by atoms with van der Waals surface area (Å²) in [5.41, 5.74) is 0. The third kappa shape index (κ3) is 67.2. The number of carbonyl (C=O) groups is 1. The van der Waals surface area contributed by atoms with Gasteiger partial charge < -0.3 is 19.8 Å². The Balaban J connectivity index is 4.27. The van der Waals surface area contributed by atoms with Gasteiger partial charge in [-0.1, -0.05) is 287 Å². The number of amides is 1. The number of rotatable bonds is 60. The molecule has 3 atom stereocenters. The Morgan fingerprint density at radius 3 is 1.08 bits per heavy atom. The first-order valence-corrected chi connectivity index (χ1v) is 35.5. The van der Waals surface area contributed by atoms with Crippen LogP contribution in [0.3, 0.4) is 0 Å². The number of phosphoric acid groups is 1. The maximum atomic E-state index is 13.0. The molecule has 0 rings (SSSR count). The van der Waals surface area contributed by atoms with Gasteiger partial charge >= 0.3 is 7.82 Å². The van der Waals surface area contributed by atoms with Gasteiger partial charge in [-0.25, -0.2) is 4.57 Å². The van der Waals surface area contributed by atoms with Gasteiger partial charge in [-0.05, 0) is 128 Å². The fourth-order valence-corrected chi connectivity index (χ4v) is 9.64. The third-order valence-electron chi connectivity index (χ3n) is 14.1. The number of hydrogen-bond donors (Lipinski definition) is 3. The average Bonchev–Trinajstić information content (AvgIpc) is 3.49. The minimum Gasteiger partial charge on any atom is -0.387 e. The fourth-order valence-electron chi connectivity index (χ4n) is 8.90. The Bertz CT molecular complexity index is 1990. The van der Waals surface area contributed by atoms with Gasteiger partial charge in [0.05, 0.1) is 39.9 Å². The van der Waals surface area contributed by atoms with Crippen LogP contribution in [0, 0.1) is 0 Å². The minimum absolute atomic E-state index is 0.0402. The summed E-state index contributed by atoms with van der Waals surface area (Å²) in [4.78, 5) is 23.4. The van der Waals surface area contributed by atoms with Crippen molar-refractivity contribution in [1.29, 1.82) is 0 Å². The Hall–Kier alpha value is -4.14. The van der Waals surface area contributed by atoms with Crippen LogP contribution in [0.25, 0.3) is 0 Å². The molecule has 85 heavy (non-hydrogen) atoms. The van der Waals surface area contributed by atoms with E-state index >= 15 is 0 Å². The van der Waals surface area contributed by atoms with Gasteiger partial charge in [-0.15, -0.1) is 0 Å². The number of carbonyl (C=O) groups excluding carboxylic acids is 1. The second kappa shape index (κ2) is 64.3. The topological polar surface area (TPSA) is 105 Å². The number of allylic oxidation sites excluding steroid dienone is 27. The van der Waals surface area contributed by atoms with Crippen molar-refractivity contribution < 1.29 is 32.9 Å². The highest BCUT2D eigenvalue weighted by molar-refractivity contribution is 7.47. The predicted octanol–water partition coefficient (Wildman–Crippen LogP) is 21.9. The summed E-state index contributed by atoms with van der Waals surface area (Å²) < 4.78 is 23.7. The first-order valence-electron chi connectivity index (χ1n) is 34.0. The maximum absolute atomic E-state index is 13.0. The number of aliphatic hydroxyl groups excluding tert-OH is 1. The van der Waals surface area contributed by atoms with E-state index in [0.29, 0.717) is 17.4 Å². The molecular formula is C76H128N2O6P+. The summed E-state index contributed by atoms with van der Waals surface area (Å²) in [6.07, 6.45) is 102. The molecule has 3 unspecified atom stereocenters. The minimum atomic E-state index is -4.38. The van der Waals surface area contributed by atoms with Gasteiger partial charge in [0.2, 0.25) is 5.91 Å². The van der Waals surface area contributed by atoms with Crippen molar-refractivity contribution >= 4 is 13.7 Å². The third-order valence-corrected chi connectivity index (χ3v) is 15.1. The van der Waals surface area contributed by atoms with Crippen LogP contribution in [-0.2, 0) is 18.4 Å². The van der Waals surface area contributed by atoms with Crippen molar-refractivity contribution in [1.82, 2.24) is 5.32 Å². The summed E-state index contributed by atoms with van der Waals surface area (Å²) in [6, 6.07) is -0.895. The zero-order valence-corrected chi connectivity index (χ0v) is 55.9. The molecule has 0 saturated carbocycles. The van der Waals surface area contributed by atoms with E-state index in [1.807, 2.05) is 27.2 Å². The van der Waals surface area contributed by atoms with Crippen molar-refractivity contribution in [2.75, 3.05) is 40.9 Å². The highest BCUT2D eigenvalue weighted by Gasteiger charge is 2.27. The van der Waals surface area contributed by atoms with Crippen molar-refractivity contribution in [3.8, 4) is 0 Å². The van der Waals surface area contributed by atoms with Crippen LogP contribution in [0.1, 0.15) is 251 Å². The predicted molar refractivity (Wildman–Crippen MR) is 373 cm³/mol. The first-order chi connectivity index (χ1) is 41.5. The van der Waals surface area contributed by atoms with Crippen molar-refractivity contribution in [2.45, 2.75) is 264 Å². The highest BCUT2D eigenvalue weighted by atomic mass is 31.2. The smallest absolute Gasteiger partial charge is 0.387 e. The molecule has 0 radical (unpaired) electrons. The van der Waals surface area contributed by atoms with E-state index in [0.717, 1.165) is 135 Å². The lowest BCUT2D eigenvalue weighted by molar-refractivity contribution is -0.870. The average molecular weight is 1200 g/mol. The first kappa shape index (κ1) is 80.9. The van der Waals surface area contributed by atoms with E-state index in [1.165, 1.54) is 96.3 Å². The number of quaternary nitrogens is 1. The molecule has 0 aromatic heterocycles. The normalized spacial score (nSPS) is 14.8. The molecular weight excluding hydrogens is 1070 g/mol. The number of unbranched alkanes of at least 4 members (excludes halogenated alkanes) is 21. The van der Waals surface area contributed by atoms with Gasteiger partial charge in [0.1, 0.15) is 13.2 Å². The van der Waals surface area contributed by atoms with E-state index < -0.39 is 20.0 Å². The number of likely N-dealkylation sites (N-methyl/N-ethyl adjacent to an activating group) is 1. The van der Waals surface area contributed by atoms with Gasteiger partial charge in [-0.3, -0.25) is 13.8 Å². The zero-order chi connectivity index (χ0) is 61.9. The van der Waals surface area contributed by atoms with Crippen LogP contribution in [0.4, 0.5) is 0 Å². The lowest BCUT2D eigenvalue weighted by atomic mass is 10.0. The van der Waals surface area contributed by atoms with Crippen LogP contribution in [0.2, 0.25) is 0 Å². The zero-order valence-electron chi connectivity index (χ0n) is 55.0. The van der Waals surface area contributed by atoms with Crippen LogP contribution in [-0.4, -0.2) is 73.4 Å². The van der Waals surface area contributed by atoms with Crippen molar-refractivity contribution in [2.24, 2.45) is 0 Å². The molecule has 0 spiro atoms. The van der Waals surface area contributed by atoms with E-state index in [4.69, 9.17) is 9.05 Å². The molecule has 0 fully saturated rings. The van der Waals surface area contributed by atoms with E-state index in [9.17, 15) is 19.4 Å². The lowest BCUT2D eigenvalue weighted by Crippen LogP contribution is -2.45. The lowest BCUT2D eigenvalue weighted by Gasteiger charge is -2.25. The fraction of sp³-hybridized carbons (Fsp3) is 0.618. The van der Waals surface area contributed by atoms with E-state index in [1.54, 1.807) is 6.08 Å². The van der Waals surface area contributed by atoms with Crippen LogP contribution in [0.15, 0.2) is 170 Å². The number of aliphatic hydroxyl groups is 1. The Morgan fingerprint density at radius 2 is 0.718 bits per heavy atom. The molecule has 0 bridgehead atoms. The van der Waals surface area contributed by atoms with Gasteiger partial charge in [0, 0.05) is 6.42 Å². The maximum Gasteiger partial charge on any atom is 0.472 e. The van der Waals surface area contributed by atoms with Crippen molar-refractivity contribution in [3.05, 3.63) is 170 Å². The number of phosphoric ester groups is 1. The summed E-state index contributed by atoms with van der Waals surface area (Å²) in [5, 5.41) is 13.9. The second-order valence-corrected chi connectivity index (χ2v) is 24.9. The quantitative estimate of drug-likeness (QED) is 0.0243. The number of nitrogens with zero attached hydrogens (tertiary/aromatic N) is 1. The van der Waals surface area contributed by atoms with Crippen LogP contribution < -0.4 is 5.32 Å². The van der Waals surface area contributed by atoms with Gasteiger partial charge in [-0.2, -0.15) is 0 Å². The number of nitrogens with one attached hydrogen (secondary N) is 1.